The number of carbonyl (C=O) groups is 1. The monoisotopic (exact) mass is 454 g/mol. The minimum atomic E-state index is -3.70. The predicted octanol–water partition coefficient (Wildman–Crippen LogP) is 4.23. The number of ether oxygens (including phenoxy) is 1. The molecule has 0 atom stereocenters. The van der Waals surface area contributed by atoms with Crippen molar-refractivity contribution < 1.29 is 22.3 Å². The van der Waals surface area contributed by atoms with Crippen LogP contribution in [-0.4, -0.2) is 38.8 Å². The van der Waals surface area contributed by atoms with Crippen molar-refractivity contribution >= 4 is 33.2 Å². The molecule has 30 heavy (non-hydrogen) atoms. The fourth-order valence-electron chi connectivity index (χ4n) is 3.43. The van der Waals surface area contributed by atoms with Gasteiger partial charge in [-0.25, -0.2) is 12.8 Å². The van der Waals surface area contributed by atoms with Gasteiger partial charge in [-0.1, -0.05) is 30.5 Å². The molecule has 1 aliphatic heterocycles. The maximum absolute atomic E-state index is 14.0. The number of anilines is 1. The number of hydrogen-bond acceptors (Lipinski definition) is 4. The van der Waals surface area contributed by atoms with E-state index in [0.29, 0.717) is 18.8 Å². The first kappa shape index (κ1) is 22.5. The summed E-state index contributed by atoms with van der Waals surface area (Å²) in [6.07, 6.45) is 3.37. The van der Waals surface area contributed by atoms with Gasteiger partial charge in [0, 0.05) is 23.7 Å². The van der Waals surface area contributed by atoms with Crippen LogP contribution >= 0.6 is 11.6 Å². The molecule has 0 aliphatic carbocycles. The van der Waals surface area contributed by atoms with Gasteiger partial charge in [0.15, 0.2) is 0 Å². The number of carbonyl (C=O) groups excluding carboxylic acids is 1. The van der Waals surface area contributed by atoms with Crippen LogP contribution < -0.4 is 10.1 Å². The highest BCUT2D eigenvalue weighted by molar-refractivity contribution is 7.89. The number of methoxy groups -OCH3 is 1. The van der Waals surface area contributed by atoms with Gasteiger partial charge < -0.3 is 10.1 Å². The summed E-state index contributed by atoms with van der Waals surface area (Å²) in [5, 5.41) is 2.77. The highest BCUT2D eigenvalue weighted by atomic mass is 35.5. The molecule has 0 saturated carbocycles. The fraction of sp³-hybridized carbons (Fsp3) is 0.381. The van der Waals surface area contributed by atoms with Crippen LogP contribution in [0.15, 0.2) is 41.3 Å². The van der Waals surface area contributed by atoms with Gasteiger partial charge in [0.1, 0.15) is 11.6 Å². The Morgan fingerprint density at radius 1 is 1.17 bits per heavy atom. The Morgan fingerprint density at radius 3 is 2.50 bits per heavy atom. The van der Waals surface area contributed by atoms with Crippen molar-refractivity contribution in [1.82, 2.24) is 4.31 Å². The fourth-order valence-corrected chi connectivity index (χ4v) is 5.21. The third-order valence-electron chi connectivity index (χ3n) is 5.05. The lowest BCUT2D eigenvalue weighted by Gasteiger charge is -2.21. The van der Waals surface area contributed by atoms with Gasteiger partial charge in [-0.15, -0.1) is 0 Å². The van der Waals surface area contributed by atoms with Gasteiger partial charge in [0.25, 0.3) is 0 Å². The molecule has 2 aromatic carbocycles. The molecule has 1 saturated heterocycles. The molecule has 9 heteroatoms. The minimum Gasteiger partial charge on any atom is -0.495 e. The number of benzene rings is 2. The lowest BCUT2D eigenvalue weighted by Crippen LogP contribution is -2.32. The third kappa shape index (κ3) is 5.11. The summed E-state index contributed by atoms with van der Waals surface area (Å²) in [6, 6.07) is 8.52. The van der Waals surface area contributed by atoms with Crippen molar-refractivity contribution in [2.24, 2.45) is 0 Å². The van der Waals surface area contributed by atoms with Gasteiger partial charge in [-0.05, 0) is 43.2 Å². The average Bonchev–Trinajstić information content (AvgIpc) is 3.01. The zero-order valence-corrected chi connectivity index (χ0v) is 18.2. The maximum Gasteiger partial charge on any atom is 0.243 e. The average molecular weight is 455 g/mol. The summed E-state index contributed by atoms with van der Waals surface area (Å²) >= 11 is 5.99. The van der Waals surface area contributed by atoms with E-state index in [0.717, 1.165) is 25.7 Å². The Balaban J connectivity index is 1.85. The van der Waals surface area contributed by atoms with Gasteiger partial charge in [0.05, 0.1) is 24.1 Å². The first-order chi connectivity index (χ1) is 14.3. The molecular formula is C21H24ClFN2O4S. The van der Waals surface area contributed by atoms with Crippen LogP contribution in [0, 0.1) is 5.82 Å². The topological polar surface area (TPSA) is 75.7 Å². The van der Waals surface area contributed by atoms with Crippen LogP contribution in [0.1, 0.15) is 31.2 Å². The van der Waals surface area contributed by atoms with Crippen molar-refractivity contribution in [2.75, 3.05) is 25.5 Å². The zero-order chi connectivity index (χ0) is 21.7. The van der Waals surface area contributed by atoms with Crippen LogP contribution in [0.2, 0.25) is 5.02 Å². The molecule has 162 valence electrons. The van der Waals surface area contributed by atoms with Crippen LogP contribution in [0.4, 0.5) is 10.1 Å². The third-order valence-corrected chi connectivity index (χ3v) is 7.30. The molecule has 0 unspecified atom stereocenters. The van der Waals surface area contributed by atoms with Crippen molar-refractivity contribution in [2.45, 2.75) is 37.0 Å². The second kappa shape index (κ2) is 9.76. The van der Waals surface area contributed by atoms with Gasteiger partial charge in [-0.2, -0.15) is 4.31 Å². The highest BCUT2D eigenvalue weighted by Crippen LogP contribution is 2.30. The lowest BCUT2D eigenvalue weighted by molar-refractivity contribution is -0.115. The first-order valence-corrected chi connectivity index (χ1v) is 11.6. The zero-order valence-electron chi connectivity index (χ0n) is 16.7. The standard InChI is InChI=1S/C21H24ClFN2O4S/c1-29-20-10-9-15(30(27,28)25-11-4-2-3-5-12-25)13-19(20)24-21(26)14-16-17(22)7-6-8-18(16)23/h6-10,13H,2-5,11-12,14H2,1H3,(H,24,26). The Kier molecular flexibility index (Phi) is 7.33. The molecule has 1 aliphatic rings. The number of hydrogen-bond donors (Lipinski definition) is 1. The van der Waals surface area contributed by atoms with Crippen LogP contribution in [-0.2, 0) is 21.2 Å². The smallest absolute Gasteiger partial charge is 0.243 e. The molecule has 0 bridgehead atoms. The van der Waals surface area contributed by atoms with E-state index >= 15 is 0 Å². The van der Waals surface area contributed by atoms with Crippen LogP contribution in [0.5, 0.6) is 5.75 Å². The second-order valence-corrected chi connectivity index (χ2v) is 9.45. The quantitative estimate of drug-likeness (QED) is 0.708. The Labute approximate surface area is 181 Å². The summed E-state index contributed by atoms with van der Waals surface area (Å²) in [5.41, 5.74) is 0.273. The molecular weight excluding hydrogens is 431 g/mol. The molecule has 1 N–H and O–H groups in total. The van der Waals surface area contributed by atoms with Crippen molar-refractivity contribution in [3.05, 3.63) is 52.8 Å². The van der Waals surface area contributed by atoms with E-state index in [-0.39, 0.29) is 27.6 Å². The molecule has 1 amide bonds. The number of nitrogens with zero attached hydrogens (tertiary/aromatic N) is 1. The molecule has 0 radical (unpaired) electrons. The SMILES string of the molecule is COc1ccc(S(=O)(=O)N2CCCCCC2)cc1NC(=O)Cc1c(F)cccc1Cl. The molecule has 1 heterocycles. The minimum absolute atomic E-state index is 0.0731. The van der Waals surface area contributed by atoms with Crippen molar-refractivity contribution in [3.63, 3.8) is 0 Å². The summed E-state index contributed by atoms with van der Waals surface area (Å²) in [6.45, 7) is 0.948. The summed E-state index contributed by atoms with van der Waals surface area (Å²) < 4.78 is 46.8. The van der Waals surface area contributed by atoms with Crippen molar-refractivity contribution in [1.29, 1.82) is 0 Å². The first-order valence-electron chi connectivity index (χ1n) is 9.74. The number of amides is 1. The van der Waals surface area contributed by atoms with Gasteiger partial charge in [0.2, 0.25) is 15.9 Å². The van der Waals surface area contributed by atoms with Crippen LogP contribution in [0.25, 0.3) is 0 Å². The summed E-state index contributed by atoms with van der Waals surface area (Å²) in [4.78, 5) is 12.6. The van der Waals surface area contributed by atoms with E-state index < -0.39 is 21.7 Å². The largest absolute Gasteiger partial charge is 0.495 e. The molecule has 1 fully saturated rings. The van der Waals surface area contributed by atoms with Crippen LogP contribution in [0.3, 0.4) is 0 Å². The van der Waals surface area contributed by atoms with E-state index in [1.165, 1.54) is 47.8 Å². The number of rotatable bonds is 6. The van der Waals surface area contributed by atoms with E-state index in [2.05, 4.69) is 5.32 Å². The van der Waals surface area contributed by atoms with Gasteiger partial charge >= 0.3 is 0 Å². The number of sulfonamides is 1. The number of halogens is 2. The van der Waals surface area contributed by atoms with E-state index in [1.807, 2.05) is 0 Å². The molecule has 2 aromatic rings. The van der Waals surface area contributed by atoms with Crippen molar-refractivity contribution in [3.8, 4) is 5.75 Å². The number of nitrogens with one attached hydrogen (secondary N) is 1. The lowest BCUT2D eigenvalue weighted by atomic mass is 10.1. The van der Waals surface area contributed by atoms with E-state index in [4.69, 9.17) is 16.3 Å². The molecule has 3 rings (SSSR count). The Hall–Kier alpha value is -2.16. The van der Waals surface area contributed by atoms with E-state index in [9.17, 15) is 17.6 Å². The summed E-state index contributed by atoms with van der Waals surface area (Å²) in [5.74, 6) is -0.815. The second-order valence-electron chi connectivity index (χ2n) is 7.11. The molecule has 0 spiro atoms. The van der Waals surface area contributed by atoms with Gasteiger partial charge in [-0.3, -0.25) is 4.79 Å². The highest BCUT2D eigenvalue weighted by Gasteiger charge is 2.26. The molecule has 0 aromatic heterocycles. The predicted molar refractivity (Wildman–Crippen MR) is 114 cm³/mol. The van der Waals surface area contributed by atoms with E-state index in [1.54, 1.807) is 0 Å². The molecule has 6 nitrogen and oxygen atoms in total. The Bertz CT molecular complexity index is 1000. The summed E-state index contributed by atoms with van der Waals surface area (Å²) in [7, 11) is -2.28. The normalized spacial score (nSPS) is 15.4. The Morgan fingerprint density at radius 2 is 1.87 bits per heavy atom. The maximum atomic E-state index is 14.0.